The van der Waals surface area contributed by atoms with Crippen LogP contribution in [0.1, 0.15) is 36.5 Å². The number of methoxy groups -OCH3 is 1. The molecule has 11 heteroatoms. The van der Waals surface area contributed by atoms with E-state index in [0.717, 1.165) is 17.3 Å². The molecule has 0 aliphatic carbocycles. The second-order valence-electron chi connectivity index (χ2n) is 8.04. The summed E-state index contributed by atoms with van der Waals surface area (Å²) in [6, 6.07) is 19.5. The fourth-order valence-electron chi connectivity index (χ4n) is 3.54. The lowest BCUT2D eigenvalue weighted by Gasteiger charge is -2.20. The van der Waals surface area contributed by atoms with Gasteiger partial charge in [0.1, 0.15) is 16.8 Å². The summed E-state index contributed by atoms with van der Waals surface area (Å²) in [5, 5.41) is 0. The lowest BCUT2D eigenvalue weighted by molar-refractivity contribution is -0.141. The Bertz CT molecular complexity index is 1470. The Kier molecular flexibility index (Phi) is 7.61. The zero-order chi connectivity index (χ0) is 25.7. The number of hydrogen-bond donors (Lipinski definition) is 1. The van der Waals surface area contributed by atoms with Gasteiger partial charge in [0.05, 0.1) is 30.2 Å². The number of fused-ring (bicyclic) bond motifs is 1. The van der Waals surface area contributed by atoms with E-state index in [2.05, 4.69) is 13.5 Å². The largest absolute Gasteiger partial charge is 0.476 e. The van der Waals surface area contributed by atoms with Gasteiger partial charge < -0.3 is 9.47 Å². The van der Waals surface area contributed by atoms with Crippen molar-refractivity contribution in [2.45, 2.75) is 30.3 Å². The molecule has 0 saturated carbocycles. The average molecular weight is 526 g/mol. The van der Waals surface area contributed by atoms with Gasteiger partial charge in [0.15, 0.2) is 0 Å². The topological polar surface area (TPSA) is 125 Å². The van der Waals surface area contributed by atoms with Crippen LogP contribution in [0.2, 0.25) is 0 Å². The highest BCUT2D eigenvalue weighted by atomic mass is 32.2. The number of hydrogen-bond acceptors (Lipinski definition) is 9. The third kappa shape index (κ3) is 5.86. The van der Waals surface area contributed by atoms with Crippen molar-refractivity contribution in [2.75, 3.05) is 7.11 Å². The van der Waals surface area contributed by atoms with Crippen LogP contribution in [-0.2, 0) is 24.3 Å². The number of benzene rings is 3. The van der Waals surface area contributed by atoms with E-state index in [1.54, 1.807) is 60.7 Å². The van der Waals surface area contributed by atoms with Crippen molar-refractivity contribution in [3.8, 4) is 5.75 Å². The van der Waals surface area contributed by atoms with Gasteiger partial charge in [-0.25, -0.2) is 13.1 Å². The quantitative estimate of drug-likeness (QED) is 0.325. The molecule has 186 valence electrons. The standard InChI is InChI=1S/C25H23N3O6S2/c1-16(14-23(29)33-2)17-8-11-19(12-9-17)34-24(18-10-13-21-22(15-18)27-35-26-21)25(30)28-36(31,32)20-6-4-3-5-7-20/h3-13,15-16,24H,14H2,1-2H3,(H,28,30). The van der Waals surface area contributed by atoms with Crippen molar-refractivity contribution in [1.29, 1.82) is 0 Å². The smallest absolute Gasteiger partial charge is 0.306 e. The molecule has 36 heavy (non-hydrogen) atoms. The Labute approximate surface area is 212 Å². The van der Waals surface area contributed by atoms with Crippen molar-refractivity contribution < 1.29 is 27.5 Å². The fraction of sp³-hybridized carbons (Fsp3) is 0.200. The first kappa shape index (κ1) is 25.3. The lowest BCUT2D eigenvalue weighted by Crippen LogP contribution is -2.36. The summed E-state index contributed by atoms with van der Waals surface area (Å²) < 4.78 is 46.8. The van der Waals surface area contributed by atoms with E-state index in [1.165, 1.54) is 19.2 Å². The van der Waals surface area contributed by atoms with E-state index in [1.807, 2.05) is 6.92 Å². The van der Waals surface area contributed by atoms with Crippen LogP contribution in [0.15, 0.2) is 77.7 Å². The molecule has 0 bridgehead atoms. The van der Waals surface area contributed by atoms with Gasteiger partial charge in [0.25, 0.3) is 15.9 Å². The van der Waals surface area contributed by atoms with Gasteiger partial charge >= 0.3 is 5.97 Å². The van der Waals surface area contributed by atoms with Crippen LogP contribution in [0.25, 0.3) is 11.0 Å². The monoisotopic (exact) mass is 525 g/mol. The van der Waals surface area contributed by atoms with E-state index in [4.69, 9.17) is 9.47 Å². The Morgan fingerprint density at radius 1 is 0.944 bits per heavy atom. The zero-order valence-electron chi connectivity index (χ0n) is 19.5. The highest BCUT2D eigenvalue weighted by Crippen LogP contribution is 2.28. The van der Waals surface area contributed by atoms with Crippen molar-refractivity contribution in [3.05, 3.63) is 83.9 Å². The minimum Gasteiger partial charge on any atom is -0.476 e. The third-order valence-corrected chi connectivity index (χ3v) is 7.43. The number of esters is 1. The number of sulfonamides is 1. The lowest BCUT2D eigenvalue weighted by atomic mass is 9.98. The van der Waals surface area contributed by atoms with Crippen LogP contribution >= 0.6 is 11.7 Å². The maximum absolute atomic E-state index is 13.2. The first-order valence-electron chi connectivity index (χ1n) is 10.9. The van der Waals surface area contributed by atoms with Crippen LogP contribution in [-0.4, -0.2) is 36.2 Å². The van der Waals surface area contributed by atoms with Crippen LogP contribution < -0.4 is 9.46 Å². The minimum atomic E-state index is -4.12. The number of nitrogens with one attached hydrogen (secondary N) is 1. The Hall–Kier alpha value is -3.83. The molecule has 1 N–H and O–H groups in total. The Balaban J connectivity index is 1.61. The summed E-state index contributed by atoms with van der Waals surface area (Å²) in [5.74, 6) is -0.908. The summed E-state index contributed by atoms with van der Waals surface area (Å²) in [7, 11) is -2.78. The molecule has 2 unspecified atom stereocenters. The molecule has 2 atom stereocenters. The van der Waals surface area contributed by atoms with Gasteiger partial charge in [0.2, 0.25) is 6.10 Å². The molecular formula is C25H23N3O6S2. The van der Waals surface area contributed by atoms with E-state index < -0.39 is 22.0 Å². The highest BCUT2D eigenvalue weighted by molar-refractivity contribution is 7.90. The summed E-state index contributed by atoms with van der Waals surface area (Å²) >= 11 is 1.03. The number of ether oxygens (including phenoxy) is 2. The minimum absolute atomic E-state index is 0.0415. The number of amides is 1. The Morgan fingerprint density at radius 2 is 1.61 bits per heavy atom. The van der Waals surface area contributed by atoms with Crippen LogP contribution in [0.4, 0.5) is 0 Å². The summed E-state index contributed by atoms with van der Waals surface area (Å²) in [6.07, 6.45) is -1.06. The van der Waals surface area contributed by atoms with Gasteiger partial charge in [-0.3, -0.25) is 9.59 Å². The molecule has 0 fully saturated rings. The van der Waals surface area contributed by atoms with Gasteiger partial charge in [-0.1, -0.05) is 43.3 Å². The summed E-state index contributed by atoms with van der Waals surface area (Å²) in [6.45, 7) is 1.90. The molecule has 1 aromatic heterocycles. The van der Waals surface area contributed by atoms with Crippen molar-refractivity contribution >= 4 is 44.7 Å². The normalized spacial score (nSPS) is 13.1. The van der Waals surface area contributed by atoms with E-state index in [-0.39, 0.29) is 23.2 Å². The number of rotatable bonds is 9. The molecule has 9 nitrogen and oxygen atoms in total. The maximum atomic E-state index is 13.2. The first-order chi connectivity index (χ1) is 17.3. The second-order valence-corrected chi connectivity index (χ2v) is 10.3. The summed E-state index contributed by atoms with van der Waals surface area (Å²) in [5.41, 5.74) is 2.52. The molecule has 4 rings (SSSR count). The van der Waals surface area contributed by atoms with Crippen molar-refractivity contribution in [2.24, 2.45) is 0 Å². The first-order valence-corrected chi connectivity index (χ1v) is 13.2. The Morgan fingerprint density at radius 3 is 2.31 bits per heavy atom. The summed E-state index contributed by atoms with van der Waals surface area (Å²) in [4.78, 5) is 24.8. The average Bonchev–Trinajstić information content (AvgIpc) is 3.35. The predicted octanol–water partition coefficient (Wildman–Crippen LogP) is 3.98. The van der Waals surface area contributed by atoms with Crippen LogP contribution in [0.5, 0.6) is 5.75 Å². The number of carbonyl (C=O) groups is 2. The molecule has 0 radical (unpaired) electrons. The van der Waals surface area contributed by atoms with E-state index in [9.17, 15) is 18.0 Å². The molecule has 0 aliphatic heterocycles. The zero-order valence-corrected chi connectivity index (χ0v) is 21.1. The molecule has 0 aliphatic rings. The van der Waals surface area contributed by atoms with Crippen molar-refractivity contribution in [1.82, 2.24) is 13.5 Å². The maximum Gasteiger partial charge on any atom is 0.306 e. The molecule has 1 amide bonds. The number of carbonyl (C=O) groups excluding carboxylic acids is 2. The molecule has 0 saturated heterocycles. The van der Waals surface area contributed by atoms with E-state index in [0.29, 0.717) is 22.3 Å². The van der Waals surface area contributed by atoms with E-state index >= 15 is 0 Å². The molecular weight excluding hydrogens is 502 g/mol. The second kappa shape index (κ2) is 10.8. The SMILES string of the molecule is COC(=O)CC(C)c1ccc(OC(C(=O)NS(=O)(=O)c2ccccc2)c2ccc3nsnc3c2)cc1. The van der Waals surface area contributed by atoms with Crippen LogP contribution in [0, 0.1) is 0 Å². The number of nitrogens with zero attached hydrogens (tertiary/aromatic N) is 2. The predicted molar refractivity (Wildman–Crippen MR) is 134 cm³/mol. The van der Waals surface area contributed by atoms with Gasteiger partial charge in [-0.2, -0.15) is 8.75 Å². The molecule has 4 aromatic rings. The van der Waals surface area contributed by atoms with Gasteiger partial charge in [-0.05, 0) is 47.9 Å². The van der Waals surface area contributed by atoms with Crippen molar-refractivity contribution in [3.63, 3.8) is 0 Å². The van der Waals surface area contributed by atoms with Crippen LogP contribution in [0.3, 0.4) is 0 Å². The van der Waals surface area contributed by atoms with Gasteiger partial charge in [0, 0.05) is 5.56 Å². The molecule has 3 aromatic carbocycles. The fourth-order valence-corrected chi connectivity index (χ4v) is 5.06. The highest BCUT2D eigenvalue weighted by Gasteiger charge is 2.28. The van der Waals surface area contributed by atoms with Gasteiger partial charge in [-0.15, -0.1) is 0 Å². The molecule has 1 heterocycles. The number of aromatic nitrogens is 2. The molecule has 0 spiro atoms. The third-order valence-electron chi connectivity index (χ3n) is 5.51.